The van der Waals surface area contributed by atoms with Crippen molar-refractivity contribution < 1.29 is 4.79 Å². The summed E-state index contributed by atoms with van der Waals surface area (Å²) in [6.07, 6.45) is 2.64. The summed E-state index contributed by atoms with van der Waals surface area (Å²) in [5, 5.41) is 2.82. The number of halogens is 1. The number of nitrogens with zero attached hydrogens (tertiary/aromatic N) is 1. The van der Waals surface area contributed by atoms with E-state index >= 15 is 0 Å². The number of carbonyl (C=O) groups excluding carboxylic acids is 1. The minimum atomic E-state index is -0.450. The van der Waals surface area contributed by atoms with Crippen LogP contribution in [-0.4, -0.2) is 29.9 Å². The summed E-state index contributed by atoms with van der Waals surface area (Å²) in [6.45, 7) is 5.70. The van der Waals surface area contributed by atoms with Crippen LogP contribution in [-0.2, 0) is 17.9 Å². The fourth-order valence-corrected chi connectivity index (χ4v) is 2.31. The molecule has 20 heavy (non-hydrogen) atoms. The van der Waals surface area contributed by atoms with Gasteiger partial charge in [-0.2, -0.15) is 0 Å². The van der Waals surface area contributed by atoms with Gasteiger partial charge in [0.15, 0.2) is 0 Å². The van der Waals surface area contributed by atoms with E-state index in [4.69, 9.17) is 5.73 Å². The molecule has 0 aromatic heterocycles. The molecule has 5 heteroatoms. The molecule has 1 aliphatic heterocycles. The zero-order valence-corrected chi connectivity index (χ0v) is 12.8. The van der Waals surface area contributed by atoms with E-state index < -0.39 is 6.04 Å². The first-order valence-electron chi connectivity index (χ1n) is 6.98. The maximum atomic E-state index is 11.4. The second-order valence-corrected chi connectivity index (χ2v) is 5.31. The molecule has 3 N–H and O–H groups in total. The maximum Gasteiger partial charge on any atom is 0.236 e. The van der Waals surface area contributed by atoms with Gasteiger partial charge in [-0.15, -0.1) is 12.4 Å². The van der Waals surface area contributed by atoms with Crippen molar-refractivity contribution in [2.45, 2.75) is 38.9 Å². The molecular weight excluding hydrogens is 274 g/mol. The Balaban J connectivity index is 0.00000200. The third kappa shape index (κ3) is 5.12. The van der Waals surface area contributed by atoms with Gasteiger partial charge in [-0.25, -0.2) is 0 Å². The lowest BCUT2D eigenvalue weighted by atomic mass is 10.1. The SMILES string of the molecule is CC(N)C(=O)NCc1ccc(CN2CCCC2)cc1.Cl. The van der Waals surface area contributed by atoms with E-state index in [0.29, 0.717) is 6.54 Å². The molecule has 112 valence electrons. The molecule has 1 amide bonds. The second kappa shape index (κ2) is 8.25. The molecule has 1 atom stereocenters. The molecular formula is C15H24ClN3O. The van der Waals surface area contributed by atoms with Crippen LogP contribution in [0.3, 0.4) is 0 Å². The van der Waals surface area contributed by atoms with Crippen molar-refractivity contribution in [3.63, 3.8) is 0 Å². The van der Waals surface area contributed by atoms with Gasteiger partial charge in [-0.05, 0) is 44.0 Å². The van der Waals surface area contributed by atoms with Crippen molar-refractivity contribution in [1.82, 2.24) is 10.2 Å². The van der Waals surface area contributed by atoms with E-state index in [1.165, 1.54) is 31.5 Å². The Morgan fingerprint density at radius 1 is 1.25 bits per heavy atom. The predicted octanol–water partition coefficient (Wildman–Crippen LogP) is 1.67. The van der Waals surface area contributed by atoms with Crippen molar-refractivity contribution >= 4 is 18.3 Å². The molecule has 0 bridgehead atoms. The molecule has 1 unspecified atom stereocenters. The Morgan fingerprint density at radius 3 is 2.35 bits per heavy atom. The second-order valence-electron chi connectivity index (χ2n) is 5.31. The number of hydrogen-bond acceptors (Lipinski definition) is 3. The lowest BCUT2D eigenvalue weighted by Gasteiger charge is -2.14. The highest BCUT2D eigenvalue weighted by atomic mass is 35.5. The molecule has 1 saturated heterocycles. The van der Waals surface area contributed by atoms with E-state index in [1.807, 2.05) is 0 Å². The number of carbonyl (C=O) groups is 1. The number of hydrogen-bond donors (Lipinski definition) is 2. The van der Waals surface area contributed by atoms with Crippen molar-refractivity contribution in [3.8, 4) is 0 Å². The van der Waals surface area contributed by atoms with E-state index in [2.05, 4.69) is 34.5 Å². The summed E-state index contributed by atoms with van der Waals surface area (Å²) >= 11 is 0. The van der Waals surface area contributed by atoms with Crippen molar-refractivity contribution in [3.05, 3.63) is 35.4 Å². The number of nitrogens with one attached hydrogen (secondary N) is 1. The van der Waals surface area contributed by atoms with E-state index in [-0.39, 0.29) is 18.3 Å². The van der Waals surface area contributed by atoms with Gasteiger partial charge in [0.1, 0.15) is 0 Å². The molecule has 2 rings (SSSR count). The monoisotopic (exact) mass is 297 g/mol. The third-order valence-electron chi connectivity index (χ3n) is 3.51. The van der Waals surface area contributed by atoms with Gasteiger partial charge >= 0.3 is 0 Å². The minimum absolute atomic E-state index is 0. The first-order valence-corrected chi connectivity index (χ1v) is 6.98. The van der Waals surface area contributed by atoms with Gasteiger partial charge < -0.3 is 11.1 Å². The standard InChI is InChI=1S/C15H23N3O.ClH/c1-12(16)15(19)17-10-13-4-6-14(7-5-13)11-18-8-2-3-9-18;/h4-7,12H,2-3,8-11,16H2,1H3,(H,17,19);1H. The van der Waals surface area contributed by atoms with Gasteiger partial charge in [0, 0.05) is 13.1 Å². The van der Waals surface area contributed by atoms with Gasteiger partial charge in [0.2, 0.25) is 5.91 Å². The summed E-state index contributed by atoms with van der Waals surface area (Å²) in [6, 6.07) is 7.99. The summed E-state index contributed by atoms with van der Waals surface area (Å²) in [4.78, 5) is 13.8. The largest absolute Gasteiger partial charge is 0.351 e. The minimum Gasteiger partial charge on any atom is -0.351 e. The first kappa shape index (κ1) is 17.0. The number of likely N-dealkylation sites (tertiary alicyclic amines) is 1. The van der Waals surface area contributed by atoms with Crippen LogP contribution in [0.25, 0.3) is 0 Å². The molecule has 1 aromatic carbocycles. The van der Waals surface area contributed by atoms with E-state index in [1.54, 1.807) is 6.92 Å². The molecule has 1 heterocycles. The number of benzene rings is 1. The molecule has 0 saturated carbocycles. The Hall–Kier alpha value is -1.10. The summed E-state index contributed by atoms with van der Waals surface area (Å²) in [5.74, 6) is -0.110. The smallest absolute Gasteiger partial charge is 0.236 e. The first-order chi connectivity index (χ1) is 9.15. The van der Waals surface area contributed by atoms with E-state index in [0.717, 1.165) is 12.1 Å². The molecule has 0 radical (unpaired) electrons. The lowest BCUT2D eigenvalue weighted by molar-refractivity contribution is -0.122. The van der Waals surface area contributed by atoms with Crippen LogP contribution in [0, 0.1) is 0 Å². The van der Waals surface area contributed by atoms with Gasteiger partial charge in [-0.3, -0.25) is 9.69 Å². The topological polar surface area (TPSA) is 58.4 Å². The average molecular weight is 298 g/mol. The van der Waals surface area contributed by atoms with Gasteiger partial charge in [-0.1, -0.05) is 24.3 Å². The Kier molecular flexibility index (Phi) is 6.99. The van der Waals surface area contributed by atoms with E-state index in [9.17, 15) is 4.79 Å². The highest BCUT2D eigenvalue weighted by Crippen LogP contribution is 2.13. The fourth-order valence-electron chi connectivity index (χ4n) is 2.31. The molecule has 1 fully saturated rings. The van der Waals surface area contributed by atoms with Gasteiger partial charge in [0.25, 0.3) is 0 Å². The van der Waals surface area contributed by atoms with Crippen LogP contribution in [0.15, 0.2) is 24.3 Å². The quantitative estimate of drug-likeness (QED) is 0.869. The maximum absolute atomic E-state index is 11.4. The number of amides is 1. The fraction of sp³-hybridized carbons (Fsp3) is 0.533. The van der Waals surface area contributed by atoms with Crippen LogP contribution >= 0.6 is 12.4 Å². The summed E-state index contributed by atoms with van der Waals surface area (Å²) < 4.78 is 0. The van der Waals surface area contributed by atoms with Crippen LogP contribution in [0.1, 0.15) is 30.9 Å². The summed E-state index contributed by atoms with van der Waals surface area (Å²) in [7, 11) is 0. The predicted molar refractivity (Wildman–Crippen MR) is 83.7 cm³/mol. The zero-order valence-electron chi connectivity index (χ0n) is 12.0. The van der Waals surface area contributed by atoms with Crippen LogP contribution in [0.4, 0.5) is 0 Å². The van der Waals surface area contributed by atoms with Crippen molar-refractivity contribution in [2.24, 2.45) is 5.73 Å². The Morgan fingerprint density at radius 2 is 1.80 bits per heavy atom. The summed E-state index contributed by atoms with van der Waals surface area (Å²) in [5.41, 5.74) is 7.95. The molecule has 1 aliphatic rings. The third-order valence-corrected chi connectivity index (χ3v) is 3.51. The van der Waals surface area contributed by atoms with Crippen LogP contribution in [0.2, 0.25) is 0 Å². The molecule has 0 aliphatic carbocycles. The lowest BCUT2D eigenvalue weighted by Crippen LogP contribution is -2.37. The van der Waals surface area contributed by atoms with Crippen molar-refractivity contribution in [2.75, 3.05) is 13.1 Å². The van der Waals surface area contributed by atoms with Crippen molar-refractivity contribution in [1.29, 1.82) is 0 Å². The zero-order chi connectivity index (χ0) is 13.7. The molecule has 1 aromatic rings. The Labute approximate surface area is 127 Å². The average Bonchev–Trinajstić information content (AvgIpc) is 2.90. The number of nitrogens with two attached hydrogens (primary N) is 1. The highest BCUT2D eigenvalue weighted by Gasteiger charge is 2.11. The van der Waals surface area contributed by atoms with Crippen LogP contribution < -0.4 is 11.1 Å². The molecule has 4 nitrogen and oxygen atoms in total. The Bertz CT molecular complexity index is 414. The normalized spacial score (nSPS) is 16.5. The van der Waals surface area contributed by atoms with Gasteiger partial charge in [0.05, 0.1) is 6.04 Å². The van der Waals surface area contributed by atoms with Crippen LogP contribution in [0.5, 0.6) is 0 Å². The highest BCUT2D eigenvalue weighted by molar-refractivity contribution is 5.85. The number of rotatable bonds is 5. The molecule has 0 spiro atoms.